The fourth-order valence-corrected chi connectivity index (χ4v) is 2.40. The SMILES string of the molecule is COc1ccc(N=Nc2c(C)nc3ccc(Cl)cn23)cc1OC. The molecule has 0 atom stereocenters. The zero-order chi connectivity index (χ0) is 16.4. The van der Waals surface area contributed by atoms with Crippen molar-refractivity contribution in [2.45, 2.75) is 6.92 Å². The molecule has 2 heterocycles. The van der Waals surface area contributed by atoms with Gasteiger partial charge in [0, 0.05) is 12.3 Å². The second-order valence-electron chi connectivity index (χ2n) is 4.84. The van der Waals surface area contributed by atoms with Gasteiger partial charge in [-0.1, -0.05) is 11.6 Å². The van der Waals surface area contributed by atoms with Crippen LogP contribution in [0, 0.1) is 6.92 Å². The van der Waals surface area contributed by atoms with Gasteiger partial charge in [-0.05, 0) is 31.2 Å². The number of rotatable bonds is 4. The highest BCUT2D eigenvalue weighted by Crippen LogP contribution is 2.32. The Bertz CT molecular complexity index is 889. The van der Waals surface area contributed by atoms with Crippen molar-refractivity contribution in [2.24, 2.45) is 10.2 Å². The molecule has 0 aliphatic carbocycles. The van der Waals surface area contributed by atoms with Crippen molar-refractivity contribution in [1.82, 2.24) is 9.38 Å². The molecule has 3 rings (SSSR count). The number of aromatic nitrogens is 2. The number of fused-ring (bicyclic) bond motifs is 1. The minimum atomic E-state index is 0.599. The largest absolute Gasteiger partial charge is 0.493 e. The van der Waals surface area contributed by atoms with E-state index in [0.29, 0.717) is 28.0 Å². The topological polar surface area (TPSA) is 60.5 Å². The molecule has 0 unspecified atom stereocenters. The summed E-state index contributed by atoms with van der Waals surface area (Å²) in [6.07, 6.45) is 1.76. The van der Waals surface area contributed by atoms with E-state index in [4.69, 9.17) is 21.1 Å². The Balaban J connectivity index is 2.00. The third-order valence-corrected chi connectivity index (χ3v) is 3.58. The van der Waals surface area contributed by atoms with Gasteiger partial charge in [0.1, 0.15) is 5.65 Å². The van der Waals surface area contributed by atoms with Crippen molar-refractivity contribution in [3.8, 4) is 11.5 Å². The first-order valence-corrected chi connectivity index (χ1v) is 7.28. The van der Waals surface area contributed by atoms with Gasteiger partial charge < -0.3 is 9.47 Å². The van der Waals surface area contributed by atoms with Gasteiger partial charge in [-0.2, -0.15) is 0 Å². The zero-order valence-corrected chi connectivity index (χ0v) is 13.7. The van der Waals surface area contributed by atoms with E-state index in [0.717, 1.165) is 11.3 Å². The van der Waals surface area contributed by atoms with Crippen LogP contribution in [0.4, 0.5) is 11.5 Å². The maximum atomic E-state index is 6.04. The summed E-state index contributed by atoms with van der Waals surface area (Å²) in [6, 6.07) is 8.97. The van der Waals surface area contributed by atoms with Crippen LogP contribution in [0.2, 0.25) is 5.02 Å². The Labute approximate surface area is 138 Å². The molecule has 0 saturated heterocycles. The fraction of sp³-hybridized carbons (Fsp3) is 0.188. The van der Waals surface area contributed by atoms with Crippen LogP contribution < -0.4 is 9.47 Å². The summed E-state index contributed by atoms with van der Waals surface area (Å²) in [5.74, 6) is 1.88. The van der Waals surface area contributed by atoms with Crippen LogP contribution in [0.25, 0.3) is 5.65 Å². The molecule has 0 fully saturated rings. The molecule has 23 heavy (non-hydrogen) atoms. The Morgan fingerprint density at radius 3 is 2.57 bits per heavy atom. The quantitative estimate of drug-likeness (QED) is 0.650. The Hall–Kier alpha value is -2.60. The van der Waals surface area contributed by atoms with Gasteiger partial charge in [0.25, 0.3) is 0 Å². The van der Waals surface area contributed by atoms with E-state index in [1.54, 1.807) is 44.7 Å². The number of methoxy groups -OCH3 is 2. The second-order valence-corrected chi connectivity index (χ2v) is 5.27. The molecule has 1 aromatic carbocycles. The lowest BCUT2D eigenvalue weighted by Crippen LogP contribution is -1.89. The second kappa shape index (κ2) is 6.26. The number of hydrogen-bond donors (Lipinski definition) is 0. The maximum absolute atomic E-state index is 6.04. The molecule has 0 aliphatic rings. The molecule has 0 amide bonds. The van der Waals surface area contributed by atoms with Crippen LogP contribution in [-0.2, 0) is 0 Å². The number of imidazole rings is 1. The average molecular weight is 331 g/mol. The molecule has 2 aromatic heterocycles. The number of hydrogen-bond acceptors (Lipinski definition) is 5. The Morgan fingerprint density at radius 1 is 1.04 bits per heavy atom. The molecule has 3 aromatic rings. The highest BCUT2D eigenvalue weighted by molar-refractivity contribution is 6.30. The third-order valence-electron chi connectivity index (χ3n) is 3.35. The standard InChI is InChI=1S/C16H15ClN4O2/c1-10-16(21-9-11(17)4-7-15(21)18-10)20-19-12-5-6-13(22-2)14(8-12)23-3/h4-9H,1-3H3. The number of aryl methyl sites for hydroxylation is 1. The van der Waals surface area contributed by atoms with Crippen LogP contribution in [0.1, 0.15) is 5.69 Å². The van der Waals surface area contributed by atoms with Crippen LogP contribution in [0.15, 0.2) is 46.8 Å². The summed E-state index contributed by atoms with van der Waals surface area (Å²) in [6.45, 7) is 1.88. The molecule has 0 aliphatic heterocycles. The monoisotopic (exact) mass is 330 g/mol. The molecular weight excluding hydrogens is 316 g/mol. The first kappa shape index (κ1) is 15.3. The summed E-state index contributed by atoms with van der Waals surface area (Å²) >= 11 is 6.04. The highest BCUT2D eigenvalue weighted by atomic mass is 35.5. The van der Waals surface area contributed by atoms with Crippen LogP contribution in [0.3, 0.4) is 0 Å². The van der Waals surface area contributed by atoms with Crippen LogP contribution in [0.5, 0.6) is 11.5 Å². The summed E-state index contributed by atoms with van der Waals surface area (Å²) in [5, 5.41) is 9.17. The number of nitrogens with zero attached hydrogens (tertiary/aromatic N) is 4. The molecule has 0 bridgehead atoms. The molecule has 7 heteroatoms. The van der Waals surface area contributed by atoms with Crippen LogP contribution >= 0.6 is 11.6 Å². The summed E-state index contributed by atoms with van der Waals surface area (Å²) in [7, 11) is 3.17. The van der Waals surface area contributed by atoms with Crippen molar-refractivity contribution >= 4 is 28.8 Å². The van der Waals surface area contributed by atoms with Gasteiger partial charge in [-0.3, -0.25) is 4.40 Å². The summed E-state index contributed by atoms with van der Waals surface area (Å²) < 4.78 is 12.3. The van der Waals surface area contributed by atoms with E-state index in [1.807, 2.05) is 17.4 Å². The van der Waals surface area contributed by atoms with Gasteiger partial charge in [-0.25, -0.2) is 4.98 Å². The molecule has 0 spiro atoms. The number of benzene rings is 1. The lowest BCUT2D eigenvalue weighted by Gasteiger charge is -2.06. The molecule has 0 N–H and O–H groups in total. The maximum Gasteiger partial charge on any atom is 0.182 e. The van der Waals surface area contributed by atoms with Crippen LogP contribution in [-0.4, -0.2) is 23.6 Å². The minimum Gasteiger partial charge on any atom is -0.493 e. The van der Waals surface area contributed by atoms with Crippen molar-refractivity contribution in [3.63, 3.8) is 0 Å². The predicted molar refractivity (Wildman–Crippen MR) is 88.7 cm³/mol. The number of azo groups is 1. The number of ether oxygens (including phenoxy) is 2. The number of pyridine rings is 1. The van der Waals surface area contributed by atoms with Crippen molar-refractivity contribution in [3.05, 3.63) is 47.2 Å². The molecule has 118 valence electrons. The molecular formula is C16H15ClN4O2. The molecule has 6 nitrogen and oxygen atoms in total. The van der Waals surface area contributed by atoms with Crippen molar-refractivity contribution in [2.75, 3.05) is 14.2 Å². The minimum absolute atomic E-state index is 0.599. The number of halogens is 1. The van der Waals surface area contributed by atoms with Gasteiger partial charge in [0.2, 0.25) is 0 Å². The molecule has 0 saturated carbocycles. The van der Waals surface area contributed by atoms with E-state index in [9.17, 15) is 0 Å². The van der Waals surface area contributed by atoms with Crippen molar-refractivity contribution < 1.29 is 9.47 Å². The normalized spacial score (nSPS) is 11.3. The Kier molecular flexibility index (Phi) is 4.16. The van der Waals surface area contributed by atoms with E-state index >= 15 is 0 Å². The highest BCUT2D eigenvalue weighted by Gasteiger charge is 2.09. The van der Waals surface area contributed by atoms with Crippen molar-refractivity contribution in [1.29, 1.82) is 0 Å². The van der Waals surface area contributed by atoms with Gasteiger partial charge in [0.05, 0.1) is 30.6 Å². The summed E-state index contributed by atoms with van der Waals surface area (Å²) in [4.78, 5) is 4.43. The average Bonchev–Trinajstić information content (AvgIpc) is 2.87. The first-order chi connectivity index (χ1) is 11.1. The predicted octanol–water partition coefficient (Wildman–Crippen LogP) is 4.73. The van der Waals surface area contributed by atoms with Gasteiger partial charge >= 0.3 is 0 Å². The smallest absolute Gasteiger partial charge is 0.182 e. The van der Waals surface area contributed by atoms with Gasteiger partial charge in [0.15, 0.2) is 17.3 Å². The fourth-order valence-electron chi connectivity index (χ4n) is 2.24. The summed E-state index contributed by atoms with van der Waals surface area (Å²) in [5.41, 5.74) is 2.20. The third kappa shape index (κ3) is 2.98. The zero-order valence-electron chi connectivity index (χ0n) is 12.9. The Morgan fingerprint density at radius 2 is 1.83 bits per heavy atom. The first-order valence-electron chi connectivity index (χ1n) is 6.90. The van der Waals surface area contributed by atoms with Gasteiger partial charge in [-0.15, -0.1) is 10.2 Å². The van der Waals surface area contributed by atoms with E-state index in [-0.39, 0.29) is 0 Å². The lowest BCUT2D eigenvalue weighted by molar-refractivity contribution is 0.355. The lowest BCUT2D eigenvalue weighted by atomic mass is 10.3. The van der Waals surface area contributed by atoms with E-state index < -0.39 is 0 Å². The van der Waals surface area contributed by atoms with E-state index in [1.165, 1.54) is 0 Å². The van der Waals surface area contributed by atoms with E-state index in [2.05, 4.69) is 15.2 Å². The molecule has 0 radical (unpaired) electrons.